The molecule has 0 spiro atoms. The first kappa shape index (κ1) is 14.5. The molecule has 0 saturated carbocycles. The lowest BCUT2D eigenvalue weighted by Gasteiger charge is -2.03. The van der Waals surface area contributed by atoms with Gasteiger partial charge < -0.3 is 15.0 Å². The van der Waals surface area contributed by atoms with Crippen molar-refractivity contribution in [3.63, 3.8) is 0 Å². The van der Waals surface area contributed by atoms with Crippen LogP contribution in [0.3, 0.4) is 0 Å². The fourth-order valence-electron chi connectivity index (χ4n) is 2.00. The lowest BCUT2D eigenvalue weighted by Crippen LogP contribution is -1.90. The van der Waals surface area contributed by atoms with Crippen molar-refractivity contribution in [2.45, 2.75) is 10.6 Å². The van der Waals surface area contributed by atoms with E-state index in [1.165, 1.54) is 0 Å². The van der Waals surface area contributed by atoms with Crippen LogP contribution in [0.5, 0.6) is 5.75 Å². The number of aromatic nitrogens is 2. The number of nitrogens with two attached hydrogens (primary N) is 1. The Morgan fingerprint density at radius 2 is 1.91 bits per heavy atom. The molecule has 0 unspecified atom stereocenters. The van der Waals surface area contributed by atoms with Gasteiger partial charge in [0.15, 0.2) is 5.82 Å². The van der Waals surface area contributed by atoms with Crippen molar-refractivity contribution in [2.75, 3.05) is 12.8 Å². The predicted molar refractivity (Wildman–Crippen MR) is 86.7 cm³/mol. The summed E-state index contributed by atoms with van der Waals surface area (Å²) in [4.78, 5) is 5.42. The van der Waals surface area contributed by atoms with Crippen LogP contribution in [-0.4, -0.2) is 17.3 Å². The highest BCUT2D eigenvalue weighted by atomic mass is 32.2. The third-order valence-corrected chi connectivity index (χ3v) is 4.17. The summed E-state index contributed by atoms with van der Waals surface area (Å²) in [5.74, 6) is 2.37. The molecule has 0 fully saturated rings. The number of thioether (sulfide) groups is 1. The van der Waals surface area contributed by atoms with Crippen LogP contribution in [0.15, 0.2) is 57.9 Å². The van der Waals surface area contributed by atoms with Crippen molar-refractivity contribution in [1.82, 2.24) is 10.1 Å². The van der Waals surface area contributed by atoms with Crippen molar-refractivity contribution in [3.05, 3.63) is 54.4 Å². The van der Waals surface area contributed by atoms with E-state index >= 15 is 0 Å². The molecule has 0 aliphatic rings. The van der Waals surface area contributed by atoms with E-state index in [2.05, 4.69) is 10.1 Å². The largest absolute Gasteiger partial charge is 0.496 e. The number of nitrogens with zero attached hydrogens (tertiary/aromatic N) is 2. The van der Waals surface area contributed by atoms with Gasteiger partial charge in [0.2, 0.25) is 0 Å². The summed E-state index contributed by atoms with van der Waals surface area (Å²) < 4.78 is 10.6. The molecule has 0 saturated heterocycles. The van der Waals surface area contributed by atoms with E-state index in [0.717, 1.165) is 16.1 Å². The summed E-state index contributed by atoms with van der Waals surface area (Å²) in [6.45, 7) is 0. The molecule has 2 aromatic carbocycles. The molecule has 0 radical (unpaired) electrons. The Labute approximate surface area is 132 Å². The smallest absolute Gasteiger partial charge is 0.261 e. The summed E-state index contributed by atoms with van der Waals surface area (Å²) in [5.41, 5.74) is 7.45. The number of rotatable bonds is 5. The molecule has 1 aromatic heterocycles. The summed E-state index contributed by atoms with van der Waals surface area (Å²) in [7, 11) is 1.62. The Balaban J connectivity index is 1.75. The van der Waals surface area contributed by atoms with E-state index in [-0.39, 0.29) is 0 Å². The Morgan fingerprint density at radius 1 is 1.14 bits per heavy atom. The first-order valence-electron chi connectivity index (χ1n) is 6.71. The lowest BCUT2D eigenvalue weighted by molar-refractivity contribution is 0.403. The maximum absolute atomic E-state index is 5.92. The third-order valence-electron chi connectivity index (χ3n) is 3.08. The molecule has 6 heteroatoms. The van der Waals surface area contributed by atoms with Crippen LogP contribution in [0, 0.1) is 0 Å². The van der Waals surface area contributed by atoms with E-state index in [9.17, 15) is 0 Å². The minimum Gasteiger partial charge on any atom is -0.496 e. The van der Waals surface area contributed by atoms with Crippen molar-refractivity contribution in [3.8, 4) is 17.2 Å². The Morgan fingerprint density at radius 3 is 2.73 bits per heavy atom. The van der Waals surface area contributed by atoms with Gasteiger partial charge in [0, 0.05) is 10.6 Å². The molecule has 0 aliphatic carbocycles. The maximum atomic E-state index is 5.92. The first-order chi connectivity index (χ1) is 10.8. The van der Waals surface area contributed by atoms with Gasteiger partial charge >= 0.3 is 0 Å². The first-order valence-corrected chi connectivity index (χ1v) is 7.70. The minimum atomic E-state index is 0.453. The van der Waals surface area contributed by atoms with Gasteiger partial charge in [0.25, 0.3) is 5.89 Å². The monoisotopic (exact) mass is 313 g/mol. The van der Waals surface area contributed by atoms with Crippen molar-refractivity contribution in [1.29, 1.82) is 0 Å². The van der Waals surface area contributed by atoms with E-state index in [1.807, 2.05) is 48.5 Å². The Kier molecular flexibility index (Phi) is 4.29. The molecule has 22 heavy (non-hydrogen) atoms. The second-order valence-electron chi connectivity index (χ2n) is 4.54. The molecule has 112 valence electrons. The zero-order valence-corrected chi connectivity index (χ0v) is 12.8. The second kappa shape index (κ2) is 6.53. The summed E-state index contributed by atoms with van der Waals surface area (Å²) in [5, 5.41) is 4.01. The van der Waals surface area contributed by atoms with Gasteiger partial charge in [-0.1, -0.05) is 29.4 Å². The molecule has 0 aliphatic heterocycles. The normalized spacial score (nSPS) is 10.6. The van der Waals surface area contributed by atoms with Gasteiger partial charge in [-0.2, -0.15) is 4.98 Å². The summed E-state index contributed by atoms with van der Waals surface area (Å²) in [6.07, 6.45) is 0. The lowest BCUT2D eigenvalue weighted by atomic mass is 10.2. The molecule has 2 N–H and O–H groups in total. The van der Waals surface area contributed by atoms with Crippen LogP contribution in [0.25, 0.3) is 11.5 Å². The molecular formula is C16H15N3O2S. The summed E-state index contributed by atoms with van der Waals surface area (Å²) >= 11 is 1.58. The SMILES string of the molecule is COc1ccccc1-c1nc(CSc2ccccc2N)no1. The van der Waals surface area contributed by atoms with Gasteiger partial charge in [-0.3, -0.25) is 0 Å². The van der Waals surface area contributed by atoms with Crippen molar-refractivity contribution in [2.24, 2.45) is 0 Å². The molecule has 3 rings (SSSR count). The maximum Gasteiger partial charge on any atom is 0.261 e. The van der Waals surface area contributed by atoms with Gasteiger partial charge in [0.05, 0.1) is 18.4 Å². The number of nitrogen functional groups attached to an aromatic ring is 1. The average molecular weight is 313 g/mol. The van der Waals surface area contributed by atoms with Crippen molar-refractivity contribution >= 4 is 17.4 Å². The van der Waals surface area contributed by atoms with Gasteiger partial charge in [-0.25, -0.2) is 0 Å². The standard InChI is InChI=1S/C16H15N3O2S/c1-20-13-8-4-2-6-11(13)16-18-15(19-21-16)10-22-14-9-5-3-7-12(14)17/h2-9H,10,17H2,1H3. The zero-order valence-electron chi connectivity index (χ0n) is 12.0. The van der Waals surface area contributed by atoms with Crippen LogP contribution in [0.4, 0.5) is 5.69 Å². The van der Waals surface area contributed by atoms with E-state index in [4.69, 9.17) is 15.0 Å². The molecule has 0 bridgehead atoms. The van der Waals surface area contributed by atoms with Crippen LogP contribution in [-0.2, 0) is 5.75 Å². The Bertz CT molecular complexity index is 773. The van der Waals surface area contributed by atoms with E-state index in [1.54, 1.807) is 18.9 Å². The highest BCUT2D eigenvalue weighted by molar-refractivity contribution is 7.98. The molecule has 5 nitrogen and oxygen atoms in total. The quantitative estimate of drug-likeness (QED) is 0.573. The molecule has 0 atom stereocenters. The highest BCUT2D eigenvalue weighted by Gasteiger charge is 2.13. The molecule has 3 aromatic rings. The van der Waals surface area contributed by atoms with Crippen LogP contribution in [0.1, 0.15) is 5.82 Å². The number of hydrogen-bond acceptors (Lipinski definition) is 6. The van der Waals surface area contributed by atoms with Crippen LogP contribution >= 0.6 is 11.8 Å². The second-order valence-corrected chi connectivity index (χ2v) is 5.56. The Hall–Kier alpha value is -2.47. The third kappa shape index (κ3) is 3.07. The topological polar surface area (TPSA) is 74.2 Å². The molecule has 1 heterocycles. The summed E-state index contributed by atoms with van der Waals surface area (Å²) in [6, 6.07) is 15.3. The predicted octanol–water partition coefficient (Wildman–Crippen LogP) is 3.62. The molecule has 0 amide bonds. The number of benzene rings is 2. The molecular weight excluding hydrogens is 298 g/mol. The van der Waals surface area contributed by atoms with Gasteiger partial charge in [0.1, 0.15) is 5.75 Å². The van der Waals surface area contributed by atoms with Gasteiger partial charge in [-0.15, -0.1) is 11.8 Å². The van der Waals surface area contributed by atoms with E-state index < -0.39 is 0 Å². The number of para-hydroxylation sites is 2. The minimum absolute atomic E-state index is 0.453. The zero-order chi connectivity index (χ0) is 15.4. The average Bonchev–Trinajstić information content (AvgIpc) is 3.03. The number of anilines is 1. The number of methoxy groups -OCH3 is 1. The van der Waals surface area contributed by atoms with Crippen molar-refractivity contribution < 1.29 is 9.26 Å². The van der Waals surface area contributed by atoms with Crippen LogP contribution < -0.4 is 10.5 Å². The number of hydrogen-bond donors (Lipinski definition) is 1. The number of ether oxygens (including phenoxy) is 1. The fourth-order valence-corrected chi connectivity index (χ4v) is 2.81. The van der Waals surface area contributed by atoms with Gasteiger partial charge in [-0.05, 0) is 24.3 Å². The fraction of sp³-hybridized carbons (Fsp3) is 0.125. The van der Waals surface area contributed by atoms with E-state index in [0.29, 0.717) is 23.2 Å². The van der Waals surface area contributed by atoms with Crippen LogP contribution in [0.2, 0.25) is 0 Å². The highest BCUT2D eigenvalue weighted by Crippen LogP contribution is 2.30.